The molecule has 4 heteroatoms. The number of hydrogen-bond donors (Lipinski definition) is 0. The Morgan fingerprint density at radius 2 is 2.10 bits per heavy atom. The third-order valence-corrected chi connectivity index (χ3v) is 5.68. The van der Waals surface area contributed by atoms with Crippen LogP contribution >= 0.6 is 0 Å². The topological polar surface area (TPSA) is 48.1 Å². The maximum absolute atomic E-state index is 12.5. The lowest BCUT2D eigenvalue weighted by atomic mass is 9.84. The highest BCUT2D eigenvalue weighted by Gasteiger charge is 2.26. The van der Waals surface area contributed by atoms with Gasteiger partial charge in [0, 0.05) is 17.9 Å². The molecule has 0 saturated carbocycles. The molecule has 1 aliphatic heterocycles. The molecule has 2 atom stereocenters. The van der Waals surface area contributed by atoms with Gasteiger partial charge in [-0.15, -0.1) is 0 Å². The highest BCUT2D eigenvalue weighted by molar-refractivity contribution is 5.73. The number of hydrogen-bond acceptors (Lipinski definition) is 4. The highest BCUT2D eigenvalue weighted by atomic mass is 16.6. The van der Waals surface area contributed by atoms with Crippen molar-refractivity contribution in [3.63, 3.8) is 0 Å². The van der Waals surface area contributed by atoms with E-state index in [9.17, 15) is 4.79 Å². The van der Waals surface area contributed by atoms with Gasteiger partial charge in [-0.05, 0) is 63.1 Å². The van der Waals surface area contributed by atoms with Crippen LogP contribution in [0.1, 0.15) is 82.3 Å². The van der Waals surface area contributed by atoms with Gasteiger partial charge in [-0.2, -0.15) is 0 Å². The number of allylic oxidation sites excluding steroid dienone is 2. The lowest BCUT2D eigenvalue weighted by molar-refractivity contribution is -0.134. The minimum absolute atomic E-state index is 0.193. The zero-order chi connectivity index (χ0) is 20.6. The second kappa shape index (κ2) is 10.6. The van der Waals surface area contributed by atoms with E-state index < -0.39 is 0 Å². The molecule has 0 radical (unpaired) electrons. The van der Waals surface area contributed by atoms with Crippen LogP contribution in [0.2, 0.25) is 0 Å². The van der Waals surface area contributed by atoms with E-state index in [1.165, 1.54) is 24.7 Å². The summed E-state index contributed by atoms with van der Waals surface area (Å²) >= 11 is 0. The number of esters is 1. The number of epoxide rings is 1. The summed E-state index contributed by atoms with van der Waals surface area (Å²) in [5.41, 5.74) is 3.49. The number of rotatable bonds is 11. The van der Waals surface area contributed by atoms with Crippen molar-refractivity contribution >= 4 is 5.97 Å². The van der Waals surface area contributed by atoms with Crippen molar-refractivity contribution in [1.29, 1.82) is 0 Å². The standard InChI is InChI=1S/C25H34O4/c1-4-6-7-10-19-15-22(27-5-2)25(20-11-8-9-18(3)14-20)23(16-19)29-24(26)13-12-21-17-28-21/h5,14-16,20-21H,2,4,6-13,17H2,1,3H3/t20-,21?/m0/s1. The Balaban J connectivity index is 1.90. The van der Waals surface area contributed by atoms with Crippen molar-refractivity contribution in [3.8, 4) is 11.5 Å². The van der Waals surface area contributed by atoms with Crippen molar-refractivity contribution in [2.24, 2.45) is 0 Å². The molecule has 1 saturated heterocycles. The van der Waals surface area contributed by atoms with Gasteiger partial charge in [-0.3, -0.25) is 4.79 Å². The lowest BCUT2D eigenvalue weighted by Crippen LogP contribution is -2.13. The number of carbonyl (C=O) groups excluding carboxylic acids is 1. The van der Waals surface area contributed by atoms with Gasteiger partial charge in [0.05, 0.1) is 19.0 Å². The number of ether oxygens (including phenoxy) is 3. The fourth-order valence-electron chi connectivity index (χ4n) is 4.04. The Hall–Kier alpha value is -2.07. The molecule has 1 aliphatic carbocycles. The summed E-state index contributed by atoms with van der Waals surface area (Å²) in [4.78, 5) is 12.5. The molecule has 29 heavy (non-hydrogen) atoms. The summed E-state index contributed by atoms with van der Waals surface area (Å²) in [6.45, 7) is 8.87. The van der Waals surface area contributed by atoms with Crippen LogP contribution in [-0.4, -0.2) is 18.7 Å². The zero-order valence-electron chi connectivity index (χ0n) is 17.9. The molecule has 1 fully saturated rings. The largest absolute Gasteiger partial charge is 0.465 e. The predicted molar refractivity (Wildman–Crippen MR) is 115 cm³/mol. The fourth-order valence-corrected chi connectivity index (χ4v) is 4.04. The van der Waals surface area contributed by atoms with E-state index >= 15 is 0 Å². The number of aryl methyl sites for hydroxylation is 1. The molecule has 2 aliphatic rings. The van der Waals surface area contributed by atoms with Crippen molar-refractivity contribution in [1.82, 2.24) is 0 Å². The minimum Gasteiger partial charge on any atom is -0.465 e. The zero-order valence-corrected chi connectivity index (χ0v) is 17.9. The van der Waals surface area contributed by atoms with E-state index in [0.717, 1.165) is 62.0 Å². The van der Waals surface area contributed by atoms with E-state index in [1.54, 1.807) is 0 Å². The van der Waals surface area contributed by atoms with Gasteiger partial charge in [0.1, 0.15) is 11.5 Å². The molecule has 1 aromatic rings. The Labute approximate surface area is 174 Å². The lowest BCUT2D eigenvalue weighted by Gasteiger charge is -2.25. The molecule has 0 spiro atoms. The molecule has 1 unspecified atom stereocenters. The molecule has 0 aromatic heterocycles. The van der Waals surface area contributed by atoms with Gasteiger partial charge in [-0.1, -0.05) is 38.0 Å². The molecule has 1 heterocycles. The van der Waals surface area contributed by atoms with Crippen LogP contribution < -0.4 is 9.47 Å². The fraction of sp³-hybridized carbons (Fsp3) is 0.560. The van der Waals surface area contributed by atoms with Crippen LogP contribution in [0.5, 0.6) is 11.5 Å². The van der Waals surface area contributed by atoms with Gasteiger partial charge in [0.15, 0.2) is 0 Å². The van der Waals surface area contributed by atoms with E-state index in [4.69, 9.17) is 14.2 Å². The Kier molecular flexibility index (Phi) is 7.93. The second-order valence-corrected chi connectivity index (χ2v) is 8.23. The first kappa shape index (κ1) is 21.6. The maximum atomic E-state index is 12.5. The first-order valence-corrected chi connectivity index (χ1v) is 11.0. The molecule has 1 aromatic carbocycles. The van der Waals surface area contributed by atoms with E-state index in [0.29, 0.717) is 12.2 Å². The first-order chi connectivity index (χ1) is 14.1. The molecule has 0 bridgehead atoms. The molecular formula is C25H34O4. The maximum Gasteiger partial charge on any atom is 0.311 e. The van der Waals surface area contributed by atoms with Gasteiger partial charge in [-0.25, -0.2) is 0 Å². The highest BCUT2D eigenvalue weighted by Crippen LogP contribution is 2.43. The van der Waals surface area contributed by atoms with Gasteiger partial charge in [0.25, 0.3) is 0 Å². The first-order valence-electron chi connectivity index (χ1n) is 11.0. The Morgan fingerprint density at radius 1 is 1.31 bits per heavy atom. The van der Waals surface area contributed by atoms with E-state index in [1.807, 2.05) is 6.07 Å². The van der Waals surface area contributed by atoms with E-state index in [-0.39, 0.29) is 18.0 Å². The third-order valence-electron chi connectivity index (χ3n) is 5.68. The monoisotopic (exact) mass is 398 g/mol. The number of carbonyl (C=O) groups is 1. The summed E-state index contributed by atoms with van der Waals surface area (Å²) in [7, 11) is 0. The summed E-state index contributed by atoms with van der Waals surface area (Å²) in [5, 5.41) is 0. The molecule has 0 amide bonds. The summed E-state index contributed by atoms with van der Waals surface area (Å²) in [5.74, 6) is 1.40. The quantitative estimate of drug-likeness (QED) is 0.111. The van der Waals surface area contributed by atoms with Crippen molar-refractivity contribution in [2.45, 2.75) is 83.7 Å². The van der Waals surface area contributed by atoms with Crippen LogP contribution in [0.25, 0.3) is 0 Å². The summed E-state index contributed by atoms with van der Waals surface area (Å²) in [6.07, 6.45) is 12.8. The van der Waals surface area contributed by atoms with Crippen LogP contribution in [0, 0.1) is 0 Å². The molecule has 158 valence electrons. The summed E-state index contributed by atoms with van der Waals surface area (Å²) in [6, 6.07) is 4.14. The Bertz CT molecular complexity index is 745. The van der Waals surface area contributed by atoms with Crippen LogP contribution in [0.4, 0.5) is 0 Å². The molecule has 3 rings (SSSR count). The third kappa shape index (κ3) is 6.46. The van der Waals surface area contributed by atoms with Crippen molar-refractivity contribution in [3.05, 3.63) is 47.7 Å². The van der Waals surface area contributed by atoms with Crippen molar-refractivity contribution < 1.29 is 19.0 Å². The van der Waals surface area contributed by atoms with Gasteiger partial charge in [0.2, 0.25) is 0 Å². The summed E-state index contributed by atoms with van der Waals surface area (Å²) < 4.78 is 17.0. The number of unbranched alkanes of at least 4 members (excludes halogenated alkanes) is 2. The van der Waals surface area contributed by atoms with Crippen LogP contribution in [0.3, 0.4) is 0 Å². The Morgan fingerprint density at radius 3 is 2.79 bits per heavy atom. The normalized spacial score (nSPS) is 20.7. The minimum atomic E-state index is -0.200. The van der Waals surface area contributed by atoms with Gasteiger partial charge < -0.3 is 14.2 Å². The SMILES string of the molecule is C=COc1cc(CCCCC)cc(OC(=O)CCC2CO2)c1[C@@H]1C=C(C)CCC1. The van der Waals surface area contributed by atoms with Crippen LogP contribution in [0.15, 0.2) is 36.6 Å². The molecule has 0 N–H and O–H groups in total. The van der Waals surface area contributed by atoms with Crippen molar-refractivity contribution in [2.75, 3.05) is 6.61 Å². The van der Waals surface area contributed by atoms with E-state index in [2.05, 4.69) is 32.6 Å². The smallest absolute Gasteiger partial charge is 0.311 e. The molecular weight excluding hydrogens is 364 g/mol. The number of benzene rings is 1. The molecule has 4 nitrogen and oxygen atoms in total. The average molecular weight is 399 g/mol. The second-order valence-electron chi connectivity index (χ2n) is 8.23. The van der Waals surface area contributed by atoms with Crippen LogP contribution in [-0.2, 0) is 16.0 Å². The predicted octanol–water partition coefficient (Wildman–Crippen LogP) is 6.24. The average Bonchev–Trinajstić information content (AvgIpc) is 3.51. The van der Waals surface area contributed by atoms with Gasteiger partial charge >= 0.3 is 5.97 Å².